The van der Waals surface area contributed by atoms with Crippen LogP contribution in [0.1, 0.15) is 12.5 Å². The number of rotatable bonds is 2. The Morgan fingerprint density at radius 2 is 2.07 bits per heavy atom. The van der Waals surface area contributed by atoms with Crippen molar-refractivity contribution >= 4 is 5.90 Å². The third kappa shape index (κ3) is 1.79. The Morgan fingerprint density at radius 3 is 2.64 bits per heavy atom. The number of nitrogens with zero attached hydrogens (tertiary/aromatic N) is 1. The first-order valence-electron chi connectivity index (χ1n) is 5.00. The number of likely N-dealkylation sites (N-methyl/N-ethyl adjacent to an activating group) is 1. The third-order valence-corrected chi connectivity index (χ3v) is 2.84. The normalized spacial score (nSPS) is 21.1. The van der Waals surface area contributed by atoms with Gasteiger partial charge in [-0.05, 0) is 5.56 Å². The zero-order valence-corrected chi connectivity index (χ0v) is 8.73. The average molecular weight is 190 g/mol. The summed E-state index contributed by atoms with van der Waals surface area (Å²) in [5.74, 6) is 1.03. The summed E-state index contributed by atoms with van der Waals surface area (Å²) in [6, 6.07) is 11.1. The zero-order valence-electron chi connectivity index (χ0n) is 8.73. The molecule has 74 valence electrons. The van der Waals surface area contributed by atoms with Crippen molar-refractivity contribution in [3.8, 4) is 0 Å². The molecule has 1 atom stereocenters. The lowest BCUT2D eigenvalue weighted by atomic mass is 10.1. The lowest BCUT2D eigenvalue weighted by Crippen LogP contribution is -2.24. The van der Waals surface area contributed by atoms with Crippen LogP contribution in [-0.4, -0.2) is 30.2 Å². The van der Waals surface area contributed by atoms with Gasteiger partial charge in [-0.1, -0.05) is 30.3 Å². The van der Waals surface area contributed by atoms with Crippen LogP contribution in [0.3, 0.4) is 0 Å². The Balaban J connectivity index is 2.07. The summed E-state index contributed by atoms with van der Waals surface area (Å²) in [6.45, 7) is 2.84. The van der Waals surface area contributed by atoms with E-state index >= 15 is 0 Å². The minimum absolute atomic E-state index is 0.498. The molecule has 0 saturated carbocycles. The van der Waals surface area contributed by atoms with E-state index in [9.17, 15) is 0 Å². The highest BCUT2D eigenvalue weighted by Gasteiger charge is 2.28. The molecule has 0 unspecified atom stereocenters. The van der Waals surface area contributed by atoms with Gasteiger partial charge in [-0.15, -0.1) is 0 Å². The average Bonchev–Trinajstić information content (AvgIpc) is 2.52. The molecule has 2 rings (SSSR count). The molecule has 1 heterocycles. The van der Waals surface area contributed by atoms with Gasteiger partial charge in [-0.25, -0.2) is 0 Å². The molecule has 0 saturated heterocycles. The number of ether oxygens (including phenoxy) is 1. The zero-order chi connectivity index (χ0) is 9.97. The molecule has 0 aliphatic carbocycles. The first-order valence-corrected chi connectivity index (χ1v) is 5.00. The molecule has 0 amide bonds. The highest BCUT2D eigenvalue weighted by atomic mass is 16.5. The largest absolute Gasteiger partial charge is 0.441 e. The summed E-state index contributed by atoms with van der Waals surface area (Å²) in [6.07, 6.45) is 1.06. The lowest BCUT2D eigenvalue weighted by molar-refractivity contribution is -0.527. The van der Waals surface area contributed by atoms with Gasteiger partial charge in [0.2, 0.25) is 0 Å². The van der Waals surface area contributed by atoms with Crippen molar-refractivity contribution in [2.45, 2.75) is 19.4 Å². The molecule has 2 nitrogen and oxygen atoms in total. The van der Waals surface area contributed by atoms with Crippen LogP contribution < -0.4 is 0 Å². The molecule has 0 fully saturated rings. The highest BCUT2D eigenvalue weighted by molar-refractivity contribution is 5.68. The van der Waals surface area contributed by atoms with E-state index in [0.717, 1.165) is 18.9 Å². The first kappa shape index (κ1) is 9.25. The van der Waals surface area contributed by atoms with Crippen molar-refractivity contribution in [2.75, 3.05) is 13.7 Å². The third-order valence-electron chi connectivity index (χ3n) is 2.84. The van der Waals surface area contributed by atoms with Gasteiger partial charge in [0.15, 0.2) is 12.6 Å². The van der Waals surface area contributed by atoms with Crippen LogP contribution in [0.4, 0.5) is 0 Å². The standard InChI is InChI=1S/C12H16NO/c1-10-13(2)12(9-14-10)8-11-6-4-3-5-7-11/h3-7,12H,8-9H2,1-2H3/q+1/t12-/m0/s1. The maximum atomic E-state index is 5.49. The minimum atomic E-state index is 0.498. The maximum Gasteiger partial charge on any atom is 0.333 e. The van der Waals surface area contributed by atoms with E-state index in [4.69, 9.17) is 4.74 Å². The van der Waals surface area contributed by atoms with Gasteiger partial charge in [0.1, 0.15) is 7.05 Å². The van der Waals surface area contributed by atoms with E-state index in [1.807, 2.05) is 6.92 Å². The Bertz CT molecular complexity index is 343. The number of hydrogen-bond donors (Lipinski definition) is 0. The van der Waals surface area contributed by atoms with Gasteiger partial charge >= 0.3 is 5.90 Å². The van der Waals surface area contributed by atoms with Gasteiger partial charge in [-0.2, -0.15) is 4.58 Å². The fourth-order valence-electron chi connectivity index (χ4n) is 1.77. The Kier molecular flexibility index (Phi) is 2.53. The molecule has 0 bridgehead atoms. The summed E-state index contributed by atoms with van der Waals surface area (Å²) < 4.78 is 7.71. The van der Waals surface area contributed by atoms with Crippen LogP contribution in [-0.2, 0) is 11.2 Å². The quantitative estimate of drug-likeness (QED) is 0.646. The van der Waals surface area contributed by atoms with Crippen LogP contribution >= 0.6 is 0 Å². The van der Waals surface area contributed by atoms with Crippen molar-refractivity contribution in [1.29, 1.82) is 0 Å². The molecule has 14 heavy (non-hydrogen) atoms. The molecule has 1 aliphatic heterocycles. The van der Waals surface area contributed by atoms with E-state index in [1.165, 1.54) is 5.56 Å². The molecule has 0 radical (unpaired) electrons. The van der Waals surface area contributed by atoms with Crippen molar-refractivity contribution < 1.29 is 9.31 Å². The van der Waals surface area contributed by atoms with Crippen LogP contribution in [0, 0.1) is 0 Å². The van der Waals surface area contributed by atoms with Crippen LogP contribution in [0.2, 0.25) is 0 Å². The van der Waals surface area contributed by atoms with Gasteiger partial charge in [0.05, 0.1) is 6.92 Å². The van der Waals surface area contributed by atoms with Crippen LogP contribution in [0.25, 0.3) is 0 Å². The Labute approximate surface area is 84.8 Å². The fraction of sp³-hybridized carbons (Fsp3) is 0.417. The molecule has 0 spiro atoms. The van der Waals surface area contributed by atoms with E-state index < -0.39 is 0 Å². The van der Waals surface area contributed by atoms with Crippen molar-refractivity contribution in [1.82, 2.24) is 0 Å². The van der Waals surface area contributed by atoms with E-state index in [0.29, 0.717) is 6.04 Å². The van der Waals surface area contributed by atoms with Gasteiger partial charge in [-0.3, -0.25) is 0 Å². The Morgan fingerprint density at radius 1 is 1.36 bits per heavy atom. The SMILES string of the molecule is CC1=[N+](C)[C@@H](Cc2ccccc2)CO1. The monoisotopic (exact) mass is 190 g/mol. The topological polar surface area (TPSA) is 12.2 Å². The predicted octanol–water partition coefficient (Wildman–Crippen LogP) is 1.69. The molecular formula is C12H16NO+. The maximum absolute atomic E-state index is 5.49. The highest BCUT2D eigenvalue weighted by Crippen LogP contribution is 2.10. The summed E-state index contributed by atoms with van der Waals surface area (Å²) in [4.78, 5) is 0. The summed E-state index contributed by atoms with van der Waals surface area (Å²) in [5.41, 5.74) is 1.38. The Hall–Kier alpha value is -1.31. The second-order valence-electron chi connectivity index (χ2n) is 3.78. The molecule has 0 aromatic heterocycles. The molecule has 0 N–H and O–H groups in total. The predicted molar refractivity (Wildman–Crippen MR) is 56.8 cm³/mol. The number of hydrogen-bond acceptors (Lipinski definition) is 1. The van der Waals surface area contributed by atoms with Crippen LogP contribution in [0.15, 0.2) is 30.3 Å². The van der Waals surface area contributed by atoms with Gasteiger partial charge in [0.25, 0.3) is 0 Å². The summed E-state index contributed by atoms with van der Waals surface area (Å²) in [7, 11) is 2.09. The van der Waals surface area contributed by atoms with Crippen molar-refractivity contribution in [3.05, 3.63) is 35.9 Å². The molecular weight excluding hydrogens is 174 g/mol. The summed E-state index contributed by atoms with van der Waals surface area (Å²) in [5, 5.41) is 0. The lowest BCUT2D eigenvalue weighted by Gasteiger charge is -2.04. The minimum Gasteiger partial charge on any atom is -0.441 e. The van der Waals surface area contributed by atoms with Crippen molar-refractivity contribution in [3.63, 3.8) is 0 Å². The van der Waals surface area contributed by atoms with Crippen molar-refractivity contribution in [2.24, 2.45) is 0 Å². The first-order chi connectivity index (χ1) is 6.77. The molecule has 1 aliphatic rings. The fourth-order valence-corrected chi connectivity index (χ4v) is 1.77. The molecule has 1 aromatic carbocycles. The molecule has 2 heteroatoms. The van der Waals surface area contributed by atoms with Gasteiger partial charge < -0.3 is 4.74 Å². The smallest absolute Gasteiger partial charge is 0.333 e. The van der Waals surface area contributed by atoms with E-state index in [-0.39, 0.29) is 0 Å². The number of benzene rings is 1. The van der Waals surface area contributed by atoms with Crippen LogP contribution in [0.5, 0.6) is 0 Å². The second kappa shape index (κ2) is 3.82. The van der Waals surface area contributed by atoms with Gasteiger partial charge in [0, 0.05) is 6.42 Å². The van der Waals surface area contributed by atoms with E-state index in [2.05, 4.69) is 42.0 Å². The summed E-state index contributed by atoms with van der Waals surface area (Å²) >= 11 is 0. The molecule has 1 aromatic rings. The van der Waals surface area contributed by atoms with E-state index in [1.54, 1.807) is 0 Å². The second-order valence-corrected chi connectivity index (χ2v) is 3.78.